The minimum Gasteiger partial charge on any atom is -0.493 e. The van der Waals surface area contributed by atoms with Gasteiger partial charge in [0, 0.05) is 20.3 Å². The zero-order valence-electron chi connectivity index (χ0n) is 14.2. The Labute approximate surface area is 129 Å². The Kier molecular flexibility index (Phi) is 8.38. The van der Waals surface area contributed by atoms with Crippen LogP contribution in [0.2, 0.25) is 0 Å². The number of ether oxygens (including phenoxy) is 2. The first-order chi connectivity index (χ1) is 10.2. The SMILES string of the molecule is CCCNC(CC(C)COC)c1c(OC)cnn1CCC. The van der Waals surface area contributed by atoms with Gasteiger partial charge in [-0.05, 0) is 31.7 Å². The van der Waals surface area contributed by atoms with Gasteiger partial charge in [0.05, 0.1) is 25.0 Å². The fourth-order valence-corrected chi connectivity index (χ4v) is 2.64. The van der Waals surface area contributed by atoms with Crippen LogP contribution in [-0.2, 0) is 11.3 Å². The van der Waals surface area contributed by atoms with Gasteiger partial charge in [-0.25, -0.2) is 0 Å². The molecule has 122 valence electrons. The maximum absolute atomic E-state index is 5.52. The molecule has 1 aromatic heterocycles. The van der Waals surface area contributed by atoms with Crippen LogP contribution in [-0.4, -0.2) is 37.2 Å². The lowest BCUT2D eigenvalue weighted by Gasteiger charge is -2.24. The van der Waals surface area contributed by atoms with Gasteiger partial charge in [-0.3, -0.25) is 4.68 Å². The molecule has 1 N–H and O–H groups in total. The standard InChI is InChI=1S/C16H31N3O2/c1-6-8-17-14(10-13(3)12-20-4)16-15(21-5)11-18-19(16)9-7-2/h11,13-14,17H,6-10,12H2,1-5H3. The molecule has 0 aromatic carbocycles. The highest BCUT2D eigenvalue weighted by molar-refractivity contribution is 5.28. The van der Waals surface area contributed by atoms with Crippen LogP contribution in [0.15, 0.2) is 6.20 Å². The normalized spacial score (nSPS) is 14.1. The summed E-state index contributed by atoms with van der Waals surface area (Å²) in [6.45, 7) is 9.25. The van der Waals surface area contributed by atoms with Crippen molar-refractivity contribution in [2.24, 2.45) is 5.92 Å². The molecular formula is C16H31N3O2. The molecule has 1 heterocycles. The Bertz CT molecular complexity index is 393. The highest BCUT2D eigenvalue weighted by Gasteiger charge is 2.23. The van der Waals surface area contributed by atoms with E-state index < -0.39 is 0 Å². The summed E-state index contributed by atoms with van der Waals surface area (Å²) in [6.07, 6.45) is 5.01. The number of aryl methyl sites for hydroxylation is 1. The molecule has 0 saturated heterocycles. The summed E-state index contributed by atoms with van der Waals surface area (Å²) in [5.74, 6) is 1.36. The molecule has 0 aliphatic rings. The minimum absolute atomic E-state index is 0.249. The number of aromatic nitrogens is 2. The van der Waals surface area contributed by atoms with E-state index in [2.05, 4.69) is 35.9 Å². The lowest BCUT2D eigenvalue weighted by Crippen LogP contribution is -2.28. The predicted molar refractivity (Wildman–Crippen MR) is 85.8 cm³/mol. The molecule has 0 saturated carbocycles. The Morgan fingerprint density at radius 1 is 1.29 bits per heavy atom. The molecule has 0 amide bonds. The molecule has 21 heavy (non-hydrogen) atoms. The largest absolute Gasteiger partial charge is 0.493 e. The maximum atomic E-state index is 5.52. The fourth-order valence-electron chi connectivity index (χ4n) is 2.64. The molecule has 1 rings (SSSR count). The van der Waals surface area contributed by atoms with E-state index in [1.807, 2.05) is 6.20 Å². The first-order valence-corrected chi connectivity index (χ1v) is 7.99. The lowest BCUT2D eigenvalue weighted by atomic mass is 9.99. The van der Waals surface area contributed by atoms with E-state index in [1.165, 1.54) is 0 Å². The molecule has 2 atom stereocenters. The Hall–Kier alpha value is -1.07. The van der Waals surface area contributed by atoms with Crippen molar-refractivity contribution in [1.82, 2.24) is 15.1 Å². The molecular weight excluding hydrogens is 266 g/mol. The predicted octanol–water partition coefficient (Wildman–Crippen LogP) is 3.02. The summed E-state index contributed by atoms with van der Waals surface area (Å²) in [4.78, 5) is 0. The molecule has 1 aromatic rings. The van der Waals surface area contributed by atoms with Gasteiger partial charge < -0.3 is 14.8 Å². The maximum Gasteiger partial charge on any atom is 0.161 e. The van der Waals surface area contributed by atoms with E-state index in [0.717, 1.165) is 50.4 Å². The molecule has 2 unspecified atom stereocenters. The third-order valence-corrected chi connectivity index (χ3v) is 3.56. The molecule has 0 bridgehead atoms. The summed E-state index contributed by atoms with van der Waals surface area (Å²) in [5, 5.41) is 8.12. The Balaban J connectivity index is 2.96. The number of nitrogens with zero attached hydrogens (tertiary/aromatic N) is 2. The molecule has 0 fully saturated rings. The fraction of sp³-hybridized carbons (Fsp3) is 0.812. The molecule has 5 nitrogen and oxygen atoms in total. The average Bonchev–Trinajstić information content (AvgIpc) is 2.87. The van der Waals surface area contributed by atoms with E-state index in [1.54, 1.807) is 14.2 Å². The summed E-state index contributed by atoms with van der Waals surface area (Å²) < 4.78 is 12.9. The zero-order chi connectivity index (χ0) is 15.7. The first kappa shape index (κ1) is 18.0. The Morgan fingerprint density at radius 3 is 2.62 bits per heavy atom. The number of rotatable bonds is 11. The monoisotopic (exact) mass is 297 g/mol. The molecule has 0 spiro atoms. The summed E-state index contributed by atoms with van der Waals surface area (Å²) >= 11 is 0. The van der Waals surface area contributed by atoms with Gasteiger partial charge in [0.1, 0.15) is 0 Å². The Morgan fingerprint density at radius 2 is 2.05 bits per heavy atom. The van der Waals surface area contributed by atoms with E-state index in [-0.39, 0.29) is 6.04 Å². The van der Waals surface area contributed by atoms with Crippen LogP contribution in [0.5, 0.6) is 5.75 Å². The van der Waals surface area contributed by atoms with Gasteiger partial charge in [0.15, 0.2) is 5.75 Å². The van der Waals surface area contributed by atoms with Crippen molar-refractivity contribution in [2.45, 2.75) is 52.6 Å². The van der Waals surface area contributed by atoms with Crippen LogP contribution in [0.4, 0.5) is 0 Å². The van der Waals surface area contributed by atoms with E-state index >= 15 is 0 Å². The van der Waals surface area contributed by atoms with Gasteiger partial charge >= 0.3 is 0 Å². The van der Waals surface area contributed by atoms with E-state index in [9.17, 15) is 0 Å². The van der Waals surface area contributed by atoms with Crippen LogP contribution in [0.1, 0.15) is 51.8 Å². The van der Waals surface area contributed by atoms with E-state index in [4.69, 9.17) is 9.47 Å². The topological polar surface area (TPSA) is 48.3 Å². The summed E-state index contributed by atoms with van der Waals surface area (Å²) in [6, 6.07) is 0.249. The second-order valence-electron chi connectivity index (χ2n) is 5.62. The van der Waals surface area contributed by atoms with Crippen LogP contribution >= 0.6 is 0 Å². The molecule has 0 aliphatic carbocycles. The zero-order valence-corrected chi connectivity index (χ0v) is 14.2. The number of hydrogen-bond acceptors (Lipinski definition) is 4. The van der Waals surface area contributed by atoms with Crippen LogP contribution in [0, 0.1) is 5.92 Å². The smallest absolute Gasteiger partial charge is 0.161 e. The van der Waals surface area contributed by atoms with Gasteiger partial charge in [-0.1, -0.05) is 20.8 Å². The van der Waals surface area contributed by atoms with Crippen LogP contribution in [0.3, 0.4) is 0 Å². The van der Waals surface area contributed by atoms with Crippen molar-refractivity contribution in [2.75, 3.05) is 27.4 Å². The highest BCUT2D eigenvalue weighted by Crippen LogP contribution is 2.30. The van der Waals surface area contributed by atoms with E-state index in [0.29, 0.717) is 5.92 Å². The van der Waals surface area contributed by atoms with Crippen LogP contribution < -0.4 is 10.1 Å². The summed E-state index contributed by atoms with van der Waals surface area (Å²) in [5.41, 5.74) is 1.16. The summed E-state index contributed by atoms with van der Waals surface area (Å²) in [7, 11) is 3.47. The molecule has 0 aliphatic heterocycles. The number of nitrogens with one attached hydrogen (secondary N) is 1. The minimum atomic E-state index is 0.249. The third-order valence-electron chi connectivity index (χ3n) is 3.56. The van der Waals surface area contributed by atoms with Gasteiger partial charge in [0.2, 0.25) is 0 Å². The number of hydrogen-bond donors (Lipinski definition) is 1. The van der Waals surface area contributed by atoms with Crippen molar-refractivity contribution in [3.05, 3.63) is 11.9 Å². The van der Waals surface area contributed by atoms with Crippen molar-refractivity contribution in [1.29, 1.82) is 0 Å². The molecule has 0 radical (unpaired) electrons. The average molecular weight is 297 g/mol. The van der Waals surface area contributed by atoms with Gasteiger partial charge in [-0.2, -0.15) is 5.10 Å². The number of methoxy groups -OCH3 is 2. The lowest BCUT2D eigenvalue weighted by molar-refractivity contribution is 0.148. The highest BCUT2D eigenvalue weighted by atomic mass is 16.5. The molecule has 5 heteroatoms. The third kappa shape index (κ3) is 5.32. The second-order valence-corrected chi connectivity index (χ2v) is 5.62. The second kappa shape index (κ2) is 9.79. The quantitative estimate of drug-likeness (QED) is 0.682. The van der Waals surface area contributed by atoms with Crippen molar-refractivity contribution >= 4 is 0 Å². The van der Waals surface area contributed by atoms with Gasteiger partial charge in [-0.15, -0.1) is 0 Å². The van der Waals surface area contributed by atoms with Crippen molar-refractivity contribution in [3.8, 4) is 5.75 Å². The van der Waals surface area contributed by atoms with Crippen LogP contribution in [0.25, 0.3) is 0 Å². The first-order valence-electron chi connectivity index (χ1n) is 7.99. The van der Waals surface area contributed by atoms with Crippen molar-refractivity contribution in [3.63, 3.8) is 0 Å². The van der Waals surface area contributed by atoms with Crippen molar-refractivity contribution < 1.29 is 9.47 Å². The van der Waals surface area contributed by atoms with Gasteiger partial charge in [0.25, 0.3) is 0 Å².